The third-order valence-electron chi connectivity index (χ3n) is 1.68. The molecule has 1 unspecified atom stereocenters. The Bertz CT molecular complexity index is 127. The molecule has 0 aliphatic carbocycles. The van der Waals surface area contributed by atoms with E-state index in [1.807, 2.05) is 0 Å². The Morgan fingerprint density at radius 2 is 2.00 bits per heavy atom. The van der Waals surface area contributed by atoms with Gasteiger partial charge < -0.3 is 0 Å². The highest BCUT2D eigenvalue weighted by Gasteiger charge is 1.91. The summed E-state index contributed by atoms with van der Waals surface area (Å²) in [6.07, 6.45) is 9.25. The Morgan fingerprint density at radius 3 is 2.55 bits per heavy atom. The lowest BCUT2D eigenvalue weighted by Gasteiger charge is -1.98. The van der Waals surface area contributed by atoms with Crippen LogP contribution in [0, 0.1) is 5.92 Å². The van der Waals surface area contributed by atoms with Gasteiger partial charge in [0.25, 0.3) is 0 Å². The lowest BCUT2D eigenvalue weighted by Crippen LogP contribution is -1.85. The number of allylic oxidation sites excluding steroid dienone is 1. The lowest BCUT2D eigenvalue weighted by molar-refractivity contribution is 0.634. The van der Waals surface area contributed by atoms with E-state index in [0.29, 0.717) is 5.92 Å². The molecule has 0 bridgehead atoms. The van der Waals surface area contributed by atoms with E-state index in [0.717, 1.165) is 6.42 Å². The van der Waals surface area contributed by atoms with Gasteiger partial charge in [0.05, 0.1) is 0 Å². The summed E-state index contributed by atoms with van der Waals surface area (Å²) in [6.45, 7) is 6.66. The molecule has 0 spiro atoms. The summed E-state index contributed by atoms with van der Waals surface area (Å²) in [7, 11) is 0. The van der Waals surface area contributed by atoms with Crippen LogP contribution in [0.1, 0.15) is 46.5 Å². The summed E-state index contributed by atoms with van der Waals surface area (Å²) in [5.74, 6) is 0.702. The average Bonchev–Trinajstić information content (AvgIpc) is 1.99. The van der Waals surface area contributed by atoms with Crippen molar-refractivity contribution in [2.45, 2.75) is 46.5 Å². The second-order valence-corrected chi connectivity index (χ2v) is 3.09. The molecule has 0 saturated heterocycles. The number of hydrogen-bond acceptors (Lipinski definition) is 0. The van der Waals surface area contributed by atoms with Crippen LogP contribution in [0.4, 0.5) is 0 Å². The molecule has 0 heteroatoms. The first-order valence-electron chi connectivity index (χ1n) is 4.72. The monoisotopic (exact) mass is 152 g/mol. The van der Waals surface area contributed by atoms with Crippen molar-refractivity contribution in [2.24, 2.45) is 5.92 Å². The second-order valence-electron chi connectivity index (χ2n) is 3.09. The lowest BCUT2D eigenvalue weighted by atomic mass is 10.1. The van der Waals surface area contributed by atoms with Crippen LogP contribution in [0.15, 0.2) is 17.9 Å². The summed E-state index contributed by atoms with van der Waals surface area (Å²) in [5, 5.41) is 0. The highest BCUT2D eigenvalue weighted by atomic mass is 14.0. The minimum absolute atomic E-state index is 0.702. The molecule has 0 rings (SSSR count). The third kappa shape index (κ3) is 7.42. The maximum atomic E-state index is 3.22. The Balaban J connectivity index is 3.53. The normalized spacial score (nSPS) is 11.9. The van der Waals surface area contributed by atoms with Crippen molar-refractivity contribution in [1.82, 2.24) is 0 Å². The van der Waals surface area contributed by atoms with Gasteiger partial charge >= 0.3 is 0 Å². The van der Waals surface area contributed by atoms with Crippen molar-refractivity contribution in [1.29, 1.82) is 0 Å². The molecule has 64 valence electrons. The summed E-state index contributed by atoms with van der Waals surface area (Å²) in [4.78, 5) is 0. The Hall–Kier alpha value is -0.480. The highest BCUT2D eigenvalue weighted by molar-refractivity contribution is 4.87. The van der Waals surface area contributed by atoms with Gasteiger partial charge in [-0.05, 0) is 30.9 Å². The van der Waals surface area contributed by atoms with E-state index in [4.69, 9.17) is 0 Å². The largest absolute Gasteiger partial charge is 0.129 e. The van der Waals surface area contributed by atoms with E-state index in [1.165, 1.54) is 19.3 Å². The molecular weight excluding hydrogens is 132 g/mol. The first kappa shape index (κ1) is 10.5. The molecular formula is C11H20. The number of hydrogen-bond donors (Lipinski definition) is 0. The molecule has 0 aliphatic heterocycles. The Labute approximate surface area is 71.0 Å². The first-order valence-corrected chi connectivity index (χ1v) is 4.72. The van der Waals surface area contributed by atoms with Crippen LogP contribution in [0.5, 0.6) is 0 Å². The quantitative estimate of drug-likeness (QED) is 0.523. The molecule has 0 nitrogen and oxygen atoms in total. The average molecular weight is 152 g/mol. The van der Waals surface area contributed by atoms with Crippen molar-refractivity contribution in [3.63, 3.8) is 0 Å². The van der Waals surface area contributed by atoms with E-state index in [2.05, 4.69) is 38.7 Å². The summed E-state index contributed by atoms with van der Waals surface area (Å²) < 4.78 is 0. The van der Waals surface area contributed by atoms with Gasteiger partial charge in [-0.25, -0.2) is 0 Å². The Morgan fingerprint density at radius 1 is 1.27 bits per heavy atom. The van der Waals surface area contributed by atoms with Gasteiger partial charge in [-0.15, -0.1) is 5.73 Å². The first-order chi connectivity index (χ1) is 5.31. The predicted molar refractivity (Wildman–Crippen MR) is 51.6 cm³/mol. The third-order valence-corrected chi connectivity index (χ3v) is 1.68. The standard InChI is InChI=1S/C11H20/c1-4-6-7-8-10-11(3)9-5-2/h7,10-11H,4-6,9H2,1-3H3. The molecule has 11 heavy (non-hydrogen) atoms. The molecule has 1 atom stereocenters. The fraction of sp³-hybridized carbons (Fsp3) is 0.727. The van der Waals surface area contributed by atoms with Crippen molar-refractivity contribution < 1.29 is 0 Å². The minimum atomic E-state index is 0.702. The maximum absolute atomic E-state index is 3.22. The zero-order chi connectivity index (χ0) is 8.53. The van der Waals surface area contributed by atoms with Crippen molar-refractivity contribution in [3.05, 3.63) is 17.9 Å². The fourth-order valence-electron chi connectivity index (χ4n) is 0.999. The van der Waals surface area contributed by atoms with Gasteiger partial charge in [0, 0.05) is 0 Å². The van der Waals surface area contributed by atoms with E-state index in [9.17, 15) is 0 Å². The van der Waals surface area contributed by atoms with Gasteiger partial charge in [-0.1, -0.05) is 33.6 Å². The summed E-state index contributed by atoms with van der Waals surface area (Å²) >= 11 is 0. The molecule has 0 aromatic rings. The van der Waals surface area contributed by atoms with E-state index in [-0.39, 0.29) is 0 Å². The molecule has 0 saturated carbocycles. The molecule has 0 radical (unpaired) electrons. The van der Waals surface area contributed by atoms with E-state index >= 15 is 0 Å². The molecule has 0 amide bonds. The molecule has 0 aliphatic rings. The predicted octanol–water partition coefficient (Wildman–Crippen LogP) is 3.93. The van der Waals surface area contributed by atoms with Gasteiger partial charge in [-0.2, -0.15) is 0 Å². The van der Waals surface area contributed by atoms with Gasteiger partial charge in [-0.3, -0.25) is 0 Å². The molecule has 0 aromatic heterocycles. The maximum Gasteiger partial charge on any atom is -0.0186 e. The zero-order valence-electron chi connectivity index (χ0n) is 8.06. The van der Waals surface area contributed by atoms with Crippen LogP contribution in [-0.4, -0.2) is 0 Å². The van der Waals surface area contributed by atoms with Crippen LogP contribution in [0.3, 0.4) is 0 Å². The second kappa shape index (κ2) is 7.63. The SMILES string of the molecule is CCCC=C=CC(C)CCC. The van der Waals surface area contributed by atoms with Crippen LogP contribution in [0.25, 0.3) is 0 Å². The molecule has 0 fully saturated rings. The van der Waals surface area contributed by atoms with Gasteiger partial charge in [0.2, 0.25) is 0 Å². The van der Waals surface area contributed by atoms with Crippen molar-refractivity contribution in [3.8, 4) is 0 Å². The van der Waals surface area contributed by atoms with Crippen LogP contribution < -0.4 is 0 Å². The van der Waals surface area contributed by atoms with Crippen LogP contribution in [-0.2, 0) is 0 Å². The van der Waals surface area contributed by atoms with Gasteiger partial charge in [0.1, 0.15) is 0 Å². The smallest absolute Gasteiger partial charge is 0.0186 e. The highest BCUT2D eigenvalue weighted by Crippen LogP contribution is 2.05. The minimum Gasteiger partial charge on any atom is -0.129 e. The molecule has 0 heterocycles. The number of unbranched alkanes of at least 4 members (excludes halogenated alkanes) is 1. The van der Waals surface area contributed by atoms with E-state index in [1.54, 1.807) is 0 Å². The van der Waals surface area contributed by atoms with Gasteiger partial charge in [0.15, 0.2) is 0 Å². The molecule has 0 aromatic carbocycles. The van der Waals surface area contributed by atoms with Crippen LogP contribution >= 0.6 is 0 Å². The summed E-state index contributed by atoms with van der Waals surface area (Å²) in [5.41, 5.74) is 3.22. The fourth-order valence-corrected chi connectivity index (χ4v) is 0.999. The Kier molecular flexibility index (Phi) is 7.29. The summed E-state index contributed by atoms with van der Waals surface area (Å²) in [6, 6.07) is 0. The topological polar surface area (TPSA) is 0 Å². The van der Waals surface area contributed by atoms with E-state index < -0.39 is 0 Å². The molecule has 0 N–H and O–H groups in total. The number of rotatable bonds is 5. The zero-order valence-corrected chi connectivity index (χ0v) is 8.06. The van der Waals surface area contributed by atoms with Crippen LogP contribution in [0.2, 0.25) is 0 Å². The van der Waals surface area contributed by atoms with Crippen molar-refractivity contribution >= 4 is 0 Å². The van der Waals surface area contributed by atoms with Crippen molar-refractivity contribution in [2.75, 3.05) is 0 Å².